The zero-order chi connectivity index (χ0) is 23.6. The third-order valence-corrected chi connectivity index (χ3v) is 4.49. The third-order valence-electron chi connectivity index (χ3n) is 4.49. The molecule has 31 heavy (non-hydrogen) atoms. The predicted molar refractivity (Wildman–Crippen MR) is 116 cm³/mol. The Labute approximate surface area is 184 Å². The molecule has 1 rings (SSSR count). The minimum Gasteiger partial charge on any atom is -0.463 e. The van der Waals surface area contributed by atoms with Gasteiger partial charge in [-0.05, 0) is 52.9 Å². The van der Waals surface area contributed by atoms with E-state index in [2.05, 4.69) is 16.0 Å². The van der Waals surface area contributed by atoms with Crippen LogP contribution in [-0.2, 0) is 23.9 Å². The van der Waals surface area contributed by atoms with Gasteiger partial charge in [0, 0.05) is 24.6 Å². The third kappa shape index (κ3) is 10.8. The van der Waals surface area contributed by atoms with Gasteiger partial charge in [0.2, 0.25) is 11.8 Å². The van der Waals surface area contributed by atoms with E-state index in [1.54, 1.807) is 27.7 Å². The molecule has 0 bridgehead atoms. The predicted octanol–water partition coefficient (Wildman–Crippen LogP) is 2.06. The maximum atomic E-state index is 13.0. The Morgan fingerprint density at radius 3 is 2.42 bits per heavy atom. The fourth-order valence-electron chi connectivity index (χ4n) is 3.18. The number of hydrogen-bond donors (Lipinski definition) is 3. The SMILES string of the molecule is CCOC(=O)C=CC(CC1CCNC1=O)NC(=O)C(CC(C)C)NC(=O)OC(C)(C)C. The quantitative estimate of drug-likeness (QED) is 0.354. The van der Waals surface area contributed by atoms with Crippen LogP contribution in [0.3, 0.4) is 0 Å². The average Bonchev–Trinajstić information content (AvgIpc) is 3.02. The van der Waals surface area contributed by atoms with E-state index in [4.69, 9.17) is 9.47 Å². The van der Waals surface area contributed by atoms with Crippen molar-refractivity contribution in [2.45, 2.75) is 78.5 Å². The van der Waals surface area contributed by atoms with Crippen LogP contribution in [0.2, 0.25) is 0 Å². The summed E-state index contributed by atoms with van der Waals surface area (Å²) in [6.07, 6.45) is 3.51. The standard InChI is InChI=1S/C22H37N3O6/c1-7-30-18(26)9-8-16(13-15-10-11-23-19(15)27)24-20(28)17(12-14(2)3)25-21(29)31-22(4,5)6/h8-9,14-17H,7,10-13H2,1-6H3,(H,23,27)(H,24,28)(H,25,29). The normalized spacial score (nSPS) is 18.4. The van der Waals surface area contributed by atoms with Gasteiger partial charge < -0.3 is 25.4 Å². The van der Waals surface area contributed by atoms with Crippen LogP contribution >= 0.6 is 0 Å². The van der Waals surface area contributed by atoms with Crippen molar-refractivity contribution in [2.24, 2.45) is 11.8 Å². The molecule has 3 atom stereocenters. The lowest BCUT2D eigenvalue weighted by molar-refractivity contribution is -0.137. The second-order valence-corrected chi connectivity index (χ2v) is 9.07. The molecule has 3 unspecified atom stereocenters. The van der Waals surface area contributed by atoms with Crippen molar-refractivity contribution in [3.63, 3.8) is 0 Å². The van der Waals surface area contributed by atoms with Crippen LogP contribution in [-0.4, -0.2) is 54.7 Å². The van der Waals surface area contributed by atoms with E-state index < -0.39 is 35.7 Å². The molecule has 1 aliphatic rings. The summed E-state index contributed by atoms with van der Waals surface area (Å²) >= 11 is 0. The highest BCUT2D eigenvalue weighted by atomic mass is 16.6. The minimum atomic E-state index is -0.814. The molecule has 0 radical (unpaired) electrons. The second kappa shape index (κ2) is 12.3. The number of amides is 3. The molecule has 1 saturated heterocycles. The summed E-state index contributed by atoms with van der Waals surface area (Å²) in [6.45, 7) is 11.6. The van der Waals surface area contributed by atoms with Crippen molar-refractivity contribution in [1.29, 1.82) is 0 Å². The van der Waals surface area contributed by atoms with Gasteiger partial charge in [0.15, 0.2) is 0 Å². The smallest absolute Gasteiger partial charge is 0.408 e. The molecule has 0 aromatic rings. The molecule has 9 nitrogen and oxygen atoms in total. The highest BCUT2D eigenvalue weighted by Gasteiger charge is 2.30. The van der Waals surface area contributed by atoms with E-state index in [1.807, 2.05) is 13.8 Å². The molecule has 1 aliphatic heterocycles. The van der Waals surface area contributed by atoms with Crippen LogP contribution in [0.1, 0.15) is 60.8 Å². The fraction of sp³-hybridized carbons (Fsp3) is 0.727. The van der Waals surface area contributed by atoms with Gasteiger partial charge in [-0.3, -0.25) is 9.59 Å². The van der Waals surface area contributed by atoms with E-state index in [1.165, 1.54) is 12.2 Å². The minimum absolute atomic E-state index is 0.0746. The number of esters is 1. The molecule has 9 heteroatoms. The molecule has 0 saturated carbocycles. The molecule has 1 heterocycles. The van der Waals surface area contributed by atoms with Gasteiger partial charge in [0.05, 0.1) is 6.61 Å². The number of nitrogens with one attached hydrogen (secondary N) is 3. The second-order valence-electron chi connectivity index (χ2n) is 9.07. The summed E-state index contributed by atoms with van der Waals surface area (Å²) < 4.78 is 10.2. The highest BCUT2D eigenvalue weighted by molar-refractivity contribution is 5.87. The van der Waals surface area contributed by atoms with Gasteiger partial charge in [0.25, 0.3) is 0 Å². The van der Waals surface area contributed by atoms with Gasteiger partial charge in [0.1, 0.15) is 11.6 Å². The lowest BCUT2D eigenvalue weighted by Crippen LogP contribution is -2.51. The molecule has 0 spiro atoms. The number of hydrogen-bond acceptors (Lipinski definition) is 6. The van der Waals surface area contributed by atoms with Crippen molar-refractivity contribution < 1.29 is 28.7 Å². The molecular formula is C22H37N3O6. The van der Waals surface area contributed by atoms with E-state index in [-0.39, 0.29) is 24.3 Å². The maximum absolute atomic E-state index is 13.0. The van der Waals surface area contributed by atoms with E-state index in [9.17, 15) is 19.2 Å². The zero-order valence-electron chi connectivity index (χ0n) is 19.4. The lowest BCUT2D eigenvalue weighted by Gasteiger charge is -2.26. The van der Waals surface area contributed by atoms with Crippen LogP contribution in [0.15, 0.2) is 12.2 Å². The first-order valence-electron chi connectivity index (χ1n) is 10.8. The van der Waals surface area contributed by atoms with Gasteiger partial charge in [-0.2, -0.15) is 0 Å². The summed E-state index contributed by atoms with van der Waals surface area (Å²) in [5.41, 5.74) is -0.691. The number of carbonyl (C=O) groups excluding carboxylic acids is 4. The van der Waals surface area contributed by atoms with Crippen molar-refractivity contribution in [2.75, 3.05) is 13.2 Å². The van der Waals surface area contributed by atoms with Gasteiger partial charge in [-0.25, -0.2) is 9.59 Å². The number of ether oxygens (including phenoxy) is 2. The van der Waals surface area contributed by atoms with Crippen molar-refractivity contribution in [3.8, 4) is 0 Å². The molecule has 3 N–H and O–H groups in total. The summed E-state index contributed by atoms with van der Waals surface area (Å²) in [6, 6.07) is -1.38. The van der Waals surface area contributed by atoms with Crippen LogP contribution in [0.25, 0.3) is 0 Å². The van der Waals surface area contributed by atoms with Crippen LogP contribution in [0, 0.1) is 11.8 Å². The van der Waals surface area contributed by atoms with Gasteiger partial charge >= 0.3 is 12.1 Å². The number of rotatable bonds is 10. The van der Waals surface area contributed by atoms with Crippen LogP contribution < -0.4 is 16.0 Å². The van der Waals surface area contributed by atoms with Gasteiger partial charge in [-0.1, -0.05) is 19.9 Å². The molecular weight excluding hydrogens is 402 g/mol. The summed E-state index contributed by atoms with van der Waals surface area (Å²) in [5, 5.41) is 8.25. The molecule has 0 aliphatic carbocycles. The number of carbonyl (C=O) groups is 4. The first-order chi connectivity index (χ1) is 14.4. The van der Waals surface area contributed by atoms with Crippen LogP contribution in [0.4, 0.5) is 4.79 Å². The molecule has 0 aromatic heterocycles. The summed E-state index contributed by atoms with van der Waals surface area (Å²) in [4.78, 5) is 48.9. The highest BCUT2D eigenvalue weighted by Crippen LogP contribution is 2.17. The van der Waals surface area contributed by atoms with Crippen molar-refractivity contribution in [3.05, 3.63) is 12.2 Å². The molecule has 176 valence electrons. The average molecular weight is 440 g/mol. The topological polar surface area (TPSA) is 123 Å². The Morgan fingerprint density at radius 1 is 1.23 bits per heavy atom. The van der Waals surface area contributed by atoms with E-state index in [0.29, 0.717) is 25.8 Å². The Balaban J connectivity index is 2.91. The lowest BCUT2D eigenvalue weighted by atomic mass is 9.97. The Hall–Kier alpha value is -2.58. The largest absolute Gasteiger partial charge is 0.463 e. The Kier molecular flexibility index (Phi) is 10.5. The monoisotopic (exact) mass is 439 g/mol. The van der Waals surface area contributed by atoms with Gasteiger partial charge in [-0.15, -0.1) is 0 Å². The Morgan fingerprint density at radius 2 is 1.90 bits per heavy atom. The fourth-order valence-corrected chi connectivity index (χ4v) is 3.18. The first kappa shape index (κ1) is 26.5. The van der Waals surface area contributed by atoms with E-state index >= 15 is 0 Å². The molecule has 0 aromatic carbocycles. The number of alkyl carbamates (subject to hydrolysis) is 1. The molecule has 1 fully saturated rings. The van der Waals surface area contributed by atoms with Crippen molar-refractivity contribution >= 4 is 23.9 Å². The first-order valence-corrected chi connectivity index (χ1v) is 10.8. The zero-order valence-corrected chi connectivity index (χ0v) is 19.4. The van der Waals surface area contributed by atoms with Crippen molar-refractivity contribution in [1.82, 2.24) is 16.0 Å². The Bertz CT molecular complexity index is 669. The van der Waals surface area contributed by atoms with Crippen LogP contribution in [0.5, 0.6) is 0 Å². The summed E-state index contributed by atoms with van der Waals surface area (Å²) in [7, 11) is 0. The van der Waals surface area contributed by atoms with E-state index in [0.717, 1.165) is 0 Å². The molecule has 3 amide bonds. The maximum Gasteiger partial charge on any atom is 0.408 e. The summed E-state index contributed by atoms with van der Waals surface area (Å²) in [5.74, 6) is -1.13.